The number of H-pyrrole nitrogens is 1. The van der Waals surface area contributed by atoms with Crippen molar-refractivity contribution < 1.29 is 5.11 Å². The molecule has 0 amide bonds. The molecule has 0 spiro atoms. The van der Waals surface area contributed by atoms with Crippen molar-refractivity contribution >= 4 is 22.7 Å². The van der Waals surface area contributed by atoms with E-state index in [2.05, 4.69) is 29.7 Å². The largest absolute Gasteiger partial charge is 0.395 e. The van der Waals surface area contributed by atoms with E-state index in [0.717, 1.165) is 47.6 Å². The number of nitrogen functional groups attached to an aromatic ring is 1. The first kappa shape index (κ1) is 15.8. The monoisotopic (exact) mass is 339 g/mol. The molecule has 1 unspecified atom stereocenters. The summed E-state index contributed by atoms with van der Waals surface area (Å²) in [5, 5.41) is 10.7. The molecule has 0 radical (unpaired) electrons. The van der Waals surface area contributed by atoms with Crippen LogP contribution in [-0.4, -0.2) is 69.3 Å². The Labute approximate surface area is 145 Å². The molecule has 8 nitrogen and oxygen atoms in total. The van der Waals surface area contributed by atoms with Crippen molar-refractivity contribution in [3.63, 3.8) is 0 Å². The average molecular weight is 339 g/mol. The molecule has 0 saturated carbocycles. The van der Waals surface area contributed by atoms with Gasteiger partial charge >= 0.3 is 0 Å². The fraction of sp³-hybridized carbons (Fsp3) is 0.353. The van der Waals surface area contributed by atoms with Gasteiger partial charge in [-0.05, 0) is 19.2 Å². The minimum absolute atomic E-state index is 0.119. The van der Waals surface area contributed by atoms with E-state index in [9.17, 15) is 5.11 Å². The number of pyridine rings is 1. The first-order valence-corrected chi connectivity index (χ1v) is 8.28. The minimum Gasteiger partial charge on any atom is -0.395 e. The molecular weight excluding hydrogens is 318 g/mol. The van der Waals surface area contributed by atoms with Crippen LogP contribution in [0.3, 0.4) is 0 Å². The summed E-state index contributed by atoms with van der Waals surface area (Å²) in [5.41, 5.74) is 9.36. The highest BCUT2D eigenvalue weighted by Gasteiger charge is 2.26. The molecule has 3 aromatic rings. The molecule has 0 aromatic carbocycles. The van der Waals surface area contributed by atoms with Gasteiger partial charge in [0.1, 0.15) is 5.65 Å². The summed E-state index contributed by atoms with van der Waals surface area (Å²) in [4.78, 5) is 20.5. The highest BCUT2D eigenvalue weighted by Crippen LogP contribution is 2.34. The SMILES string of the molecule is CN1CCN(c2ccnc3[nH]cc(-c4ccnc(N)n4)c23)CC1CO. The maximum Gasteiger partial charge on any atom is 0.220 e. The average Bonchev–Trinajstić information content (AvgIpc) is 3.06. The summed E-state index contributed by atoms with van der Waals surface area (Å²) in [6.45, 7) is 2.70. The van der Waals surface area contributed by atoms with Gasteiger partial charge < -0.3 is 20.7 Å². The van der Waals surface area contributed by atoms with Gasteiger partial charge in [0.25, 0.3) is 0 Å². The second-order valence-corrected chi connectivity index (χ2v) is 6.32. The van der Waals surface area contributed by atoms with Crippen molar-refractivity contribution in [1.82, 2.24) is 24.8 Å². The van der Waals surface area contributed by atoms with Crippen LogP contribution in [0.4, 0.5) is 11.6 Å². The molecule has 3 aromatic heterocycles. The lowest BCUT2D eigenvalue weighted by Gasteiger charge is -2.40. The number of nitrogens with zero attached hydrogens (tertiary/aromatic N) is 5. The second-order valence-electron chi connectivity index (χ2n) is 6.32. The number of piperazine rings is 1. The Hall–Kier alpha value is -2.71. The lowest BCUT2D eigenvalue weighted by molar-refractivity contribution is 0.135. The zero-order chi connectivity index (χ0) is 17.4. The first-order valence-electron chi connectivity index (χ1n) is 8.28. The molecule has 1 atom stereocenters. The number of nitrogens with two attached hydrogens (primary N) is 1. The number of aliphatic hydroxyl groups is 1. The first-order chi connectivity index (χ1) is 12.2. The molecule has 1 aliphatic heterocycles. The van der Waals surface area contributed by atoms with Crippen LogP contribution >= 0.6 is 0 Å². The van der Waals surface area contributed by atoms with Gasteiger partial charge in [0, 0.05) is 43.8 Å². The van der Waals surface area contributed by atoms with Crippen molar-refractivity contribution in [2.75, 3.05) is 43.9 Å². The predicted molar refractivity (Wildman–Crippen MR) is 97.2 cm³/mol. The van der Waals surface area contributed by atoms with E-state index in [1.165, 1.54) is 0 Å². The third-order valence-corrected chi connectivity index (χ3v) is 4.83. The number of nitrogens with one attached hydrogen (secondary N) is 1. The Bertz CT molecular complexity index is 894. The van der Waals surface area contributed by atoms with Crippen molar-refractivity contribution in [1.29, 1.82) is 0 Å². The summed E-state index contributed by atoms with van der Waals surface area (Å²) >= 11 is 0. The Balaban J connectivity index is 1.81. The fourth-order valence-corrected chi connectivity index (χ4v) is 3.39. The van der Waals surface area contributed by atoms with Crippen LogP contribution < -0.4 is 10.6 Å². The van der Waals surface area contributed by atoms with Crippen LogP contribution in [0.5, 0.6) is 0 Å². The molecular formula is C17H21N7O. The third-order valence-electron chi connectivity index (χ3n) is 4.83. The Morgan fingerprint density at radius 3 is 2.92 bits per heavy atom. The molecule has 1 saturated heterocycles. The molecule has 8 heteroatoms. The molecule has 130 valence electrons. The van der Waals surface area contributed by atoms with E-state index in [4.69, 9.17) is 5.73 Å². The number of fused-ring (bicyclic) bond motifs is 1. The van der Waals surface area contributed by atoms with E-state index in [-0.39, 0.29) is 18.6 Å². The van der Waals surface area contributed by atoms with Gasteiger partial charge in [0.15, 0.2) is 0 Å². The summed E-state index contributed by atoms with van der Waals surface area (Å²) in [5.74, 6) is 0.247. The maximum atomic E-state index is 9.64. The molecule has 0 bridgehead atoms. The van der Waals surface area contributed by atoms with E-state index in [1.807, 2.05) is 25.4 Å². The third kappa shape index (κ3) is 2.79. The van der Waals surface area contributed by atoms with Crippen LogP contribution in [0.1, 0.15) is 0 Å². The van der Waals surface area contributed by atoms with Gasteiger partial charge in [-0.2, -0.15) is 0 Å². The summed E-state index contributed by atoms with van der Waals surface area (Å²) in [7, 11) is 2.05. The molecule has 1 aliphatic rings. The second kappa shape index (κ2) is 6.30. The van der Waals surface area contributed by atoms with Gasteiger partial charge in [-0.3, -0.25) is 4.90 Å². The summed E-state index contributed by atoms with van der Waals surface area (Å²) in [6, 6.07) is 3.98. The van der Waals surface area contributed by atoms with Gasteiger partial charge in [0.05, 0.1) is 29.4 Å². The van der Waals surface area contributed by atoms with E-state index < -0.39 is 0 Å². The number of likely N-dealkylation sites (N-methyl/N-ethyl adjacent to an activating group) is 1. The normalized spacial score (nSPS) is 18.8. The lowest BCUT2D eigenvalue weighted by Crippen LogP contribution is -2.53. The van der Waals surface area contributed by atoms with Crippen molar-refractivity contribution in [3.8, 4) is 11.3 Å². The molecule has 1 fully saturated rings. The number of hydrogen-bond acceptors (Lipinski definition) is 7. The van der Waals surface area contributed by atoms with Crippen molar-refractivity contribution in [3.05, 3.63) is 30.7 Å². The molecule has 0 aliphatic carbocycles. The van der Waals surface area contributed by atoms with E-state index in [0.29, 0.717) is 0 Å². The lowest BCUT2D eigenvalue weighted by atomic mass is 10.1. The number of anilines is 2. The number of aromatic amines is 1. The Morgan fingerprint density at radius 1 is 1.28 bits per heavy atom. The quantitative estimate of drug-likeness (QED) is 0.645. The molecule has 4 rings (SSSR count). The molecule has 25 heavy (non-hydrogen) atoms. The zero-order valence-electron chi connectivity index (χ0n) is 14.1. The van der Waals surface area contributed by atoms with E-state index >= 15 is 0 Å². The van der Waals surface area contributed by atoms with Crippen LogP contribution in [-0.2, 0) is 0 Å². The number of hydrogen-bond donors (Lipinski definition) is 3. The topological polar surface area (TPSA) is 107 Å². The van der Waals surface area contributed by atoms with Crippen LogP contribution in [0.25, 0.3) is 22.3 Å². The standard InChI is InChI=1S/C17H21N7O/c1-23-6-7-24(9-11(23)10-25)14-3-5-19-16-15(14)12(8-21-16)13-2-4-20-17(18)22-13/h2-5,8,11,25H,6-7,9-10H2,1H3,(H,19,21)(H2,18,20,22). The van der Waals surface area contributed by atoms with Gasteiger partial charge in [-0.1, -0.05) is 0 Å². The number of rotatable bonds is 3. The van der Waals surface area contributed by atoms with Gasteiger partial charge in [-0.25, -0.2) is 15.0 Å². The van der Waals surface area contributed by atoms with Crippen LogP contribution in [0, 0.1) is 0 Å². The number of aromatic nitrogens is 4. The van der Waals surface area contributed by atoms with Crippen LogP contribution in [0.2, 0.25) is 0 Å². The van der Waals surface area contributed by atoms with Crippen molar-refractivity contribution in [2.24, 2.45) is 0 Å². The molecule has 4 heterocycles. The zero-order valence-corrected chi connectivity index (χ0v) is 14.1. The van der Waals surface area contributed by atoms with Gasteiger partial charge in [0.2, 0.25) is 5.95 Å². The summed E-state index contributed by atoms with van der Waals surface area (Å²) in [6.07, 6.45) is 5.37. The molecule has 4 N–H and O–H groups in total. The van der Waals surface area contributed by atoms with Gasteiger partial charge in [-0.15, -0.1) is 0 Å². The van der Waals surface area contributed by atoms with E-state index in [1.54, 1.807) is 12.4 Å². The Kier molecular flexibility index (Phi) is 3.98. The minimum atomic E-state index is 0.119. The van der Waals surface area contributed by atoms with Crippen LogP contribution in [0.15, 0.2) is 30.7 Å². The summed E-state index contributed by atoms with van der Waals surface area (Å²) < 4.78 is 0. The highest BCUT2D eigenvalue weighted by molar-refractivity contribution is 6.02. The maximum absolute atomic E-state index is 9.64. The Morgan fingerprint density at radius 2 is 2.12 bits per heavy atom. The van der Waals surface area contributed by atoms with Crippen molar-refractivity contribution in [2.45, 2.75) is 6.04 Å². The number of aliphatic hydroxyl groups excluding tert-OH is 1. The smallest absolute Gasteiger partial charge is 0.220 e. The fourth-order valence-electron chi connectivity index (χ4n) is 3.39. The predicted octanol–water partition coefficient (Wildman–Crippen LogP) is 0.715. The highest BCUT2D eigenvalue weighted by atomic mass is 16.3.